The fourth-order valence-corrected chi connectivity index (χ4v) is 4.04. The molecule has 0 bridgehead atoms. The van der Waals surface area contributed by atoms with Crippen LogP contribution in [0.1, 0.15) is 18.4 Å². The highest BCUT2D eigenvalue weighted by molar-refractivity contribution is 7.99. The minimum absolute atomic E-state index is 0.120. The van der Waals surface area contributed by atoms with Crippen molar-refractivity contribution in [1.82, 2.24) is 25.0 Å². The summed E-state index contributed by atoms with van der Waals surface area (Å²) in [7, 11) is 0. The molecular weight excluding hydrogens is 399 g/mol. The van der Waals surface area contributed by atoms with Crippen molar-refractivity contribution in [3.05, 3.63) is 47.7 Å². The van der Waals surface area contributed by atoms with E-state index in [1.807, 2.05) is 0 Å². The van der Waals surface area contributed by atoms with Crippen LogP contribution < -0.4 is 5.32 Å². The van der Waals surface area contributed by atoms with E-state index in [0.717, 1.165) is 17.8 Å². The Bertz CT molecular complexity index is 971. The largest absolute Gasteiger partial charge is 0.300 e. The Kier molecular flexibility index (Phi) is 6.88. The van der Waals surface area contributed by atoms with Crippen molar-refractivity contribution in [3.8, 4) is 11.4 Å². The number of allylic oxidation sites excluding steroid dienone is 1. The Morgan fingerprint density at radius 3 is 2.89 bits per heavy atom. The molecule has 1 aromatic carbocycles. The minimum atomic E-state index is -0.381. The topological polar surface area (TPSA) is 85.6 Å². The molecule has 0 fully saturated rings. The number of carbonyl (C=O) groups is 1. The standard InChI is InChI=1S/C18H19FN6OS2/c1-3-7-15-21-23-17(28-15)20-14(26)11-27-18-24-22-16(25(18)10-4-2)12-8-5-6-9-13(12)19/h4-6,8-9H,2-3,7,10-11H2,1H3,(H,20,23,26). The van der Waals surface area contributed by atoms with Gasteiger partial charge >= 0.3 is 0 Å². The molecule has 0 aliphatic rings. The molecule has 0 unspecified atom stereocenters. The molecule has 28 heavy (non-hydrogen) atoms. The van der Waals surface area contributed by atoms with E-state index in [-0.39, 0.29) is 17.5 Å². The number of hydrogen-bond donors (Lipinski definition) is 1. The number of rotatable bonds is 9. The van der Waals surface area contributed by atoms with Crippen LogP contribution in [0.5, 0.6) is 0 Å². The molecule has 0 spiro atoms. The van der Waals surface area contributed by atoms with Gasteiger partial charge in [-0.2, -0.15) is 0 Å². The first-order chi connectivity index (χ1) is 13.6. The third-order valence-corrected chi connectivity index (χ3v) is 5.52. The first-order valence-electron chi connectivity index (χ1n) is 8.66. The third kappa shape index (κ3) is 4.82. The molecule has 3 rings (SSSR count). The molecule has 0 aliphatic carbocycles. The number of thioether (sulfide) groups is 1. The van der Waals surface area contributed by atoms with Gasteiger partial charge in [-0.25, -0.2) is 4.39 Å². The fourth-order valence-electron chi connectivity index (χ4n) is 2.44. The van der Waals surface area contributed by atoms with E-state index in [1.54, 1.807) is 28.8 Å². The Labute approximate surface area is 170 Å². The van der Waals surface area contributed by atoms with Crippen LogP contribution in [0.15, 0.2) is 42.1 Å². The molecule has 1 N–H and O–H groups in total. The number of anilines is 1. The van der Waals surface area contributed by atoms with Gasteiger partial charge in [0.1, 0.15) is 10.8 Å². The van der Waals surface area contributed by atoms with Crippen molar-refractivity contribution in [2.75, 3.05) is 11.1 Å². The molecule has 0 saturated carbocycles. The van der Waals surface area contributed by atoms with E-state index in [2.05, 4.69) is 39.2 Å². The molecule has 2 aromatic heterocycles. The predicted octanol–water partition coefficient (Wildman–Crippen LogP) is 3.81. The number of aromatic nitrogens is 5. The van der Waals surface area contributed by atoms with Gasteiger partial charge in [-0.15, -0.1) is 27.0 Å². The highest BCUT2D eigenvalue weighted by Gasteiger charge is 2.17. The lowest BCUT2D eigenvalue weighted by atomic mass is 10.2. The van der Waals surface area contributed by atoms with Crippen molar-refractivity contribution in [2.45, 2.75) is 31.5 Å². The van der Waals surface area contributed by atoms with Gasteiger partial charge < -0.3 is 0 Å². The third-order valence-electron chi connectivity index (χ3n) is 3.65. The second-order valence-corrected chi connectivity index (χ2v) is 7.78. The summed E-state index contributed by atoms with van der Waals surface area (Å²) in [5, 5.41) is 20.8. The Morgan fingerprint density at radius 1 is 1.32 bits per heavy atom. The van der Waals surface area contributed by atoms with E-state index in [4.69, 9.17) is 0 Å². The Morgan fingerprint density at radius 2 is 2.14 bits per heavy atom. The number of halogens is 1. The normalized spacial score (nSPS) is 10.8. The number of hydrogen-bond acceptors (Lipinski definition) is 7. The van der Waals surface area contributed by atoms with E-state index >= 15 is 0 Å². The van der Waals surface area contributed by atoms with Gasteiger partial charge in [0.2, 0.25) is 11.0 Å². The van der Waals surface area contributed by atoms with Crippen molar-refractivity contribution in [2.24, 2.45) is 0 Å². The molecule has 0 radical (unpaired) electrons. The van der Waals surface area contributed by atoms with E-state index in [9.17, 15) is 9.18 Å². The first kappa shape index (κ1) is 20.2. The second-order valence-electron chi connectivity index (χ2n) is 5.77. The van der Waals surface area contributed by atoms with Gasteiger partial charge in [0.25, 0.3) is 0 Å². The molecule has 3 aromatic rings. The number of carbonyl (C=O) groups excluding carboxylic acids is 1. The number of amides is 1. The smallest absolute Gasteiger partial charge is 0.236 e. The summed E-state index contributed by atoms with van der Waals surface area (Å²) in [6.45, 7) is 6.19. The lowest BCUT2D eigenvalue weighted by Gasteiger charge is -2.08. The molecule has 0 aliphatic heterocycles. The van der Waals surface area contributed by atoms with Crippen LogP contribution in [-0.4, -0.2) is 36.6 Å². The summed E-state index contributed by atoms with van der Waals surface area (Å²) < 4.78 is 15.9. The molecule has 0 atom stereocenters. The van der Waals surface area contributed by atoms with Crippen molar-refractivity contribution in [3.63, 3.8) is 0 Å². The lowest BCUT2D eigenvalue weighted by Crippen LogP contribution is -2.14. The molecule has 7 nitrogen and oxygen atoms in total. The molecule has 2 heterocycles. The van der Waals surface area contributed by atoms with Gasteiger partial charge in [0.05, 0.1) is 11.3 Å². The van der Waals surface area contributed by atoms with Crippen LogP contribution in [0, 0.1) is 5.82 Å². The molecule has 10 heteroatoms. The monoisotopic (exact) mass is 418 g/mol. The average Bonchev–Trinajstić information content (AvgIpc) is 3.28. The summed E-state index contributed by atoms with van der Waals surface area (Å²) in [6.07, 6.45) is 3.49. The van der Waals surface area contributed by atoms with Crippen molar-refractivity contribution < 1.29 is 9.18 Å². The van der Waals surface area contributed by atoms with Gasteiger partial charge in [-0.05, 0) is 18.6 Å². The average molecular weight is 419 g/mol. The van der Waals surface area contributed by atoms with Crippen LogP contribution >= 0.6 is 23.1 Å². The first-order valence-corrected chi connectivity index (χ1v) is 10.5. The molecule has 1 amide bonds. The highest BCUT2D eigenvalue weighted by atomic mass is 32.2. The molecular formula is C18H19FN6OS2. The predicted molar refractivity (Wildman–Crippen MR) is 109 cm³/mol. The summed E-state index contributed by atoms with van der Waals surface area (Å²) in [5.41, 5.74) is 0.352. The summed E-state index contributed by atoms with van der Waals surface area (Å²) in [4.78, 5) is 12.2. The fraction of sp³-hybridized carbons (Fsp3) is 0.278. The Balaban J connectivity index is 1.69. The van der Waals surface area contributed by atoms with Crippen molar-refractivity contribution in [1.29, 1.82) is 0 Å². The summed E-state index contributed by atoms with van der Waals surface area (Å²) >= 11 is 2.59. The summed E-state index contributed by atoms with van der Waals surface area (Å²) in [5.74, 6) is -0.0809. The minimum Gasteiger partial charge on any atom is -0.300 e. The number of nitrogens with zero attached hydrogens (tertiary/aromatic N) is 5. The lowest BCUT2D eigenvalue weighted by molar-refractivity contribution is -0.113. The highest BCUT2D eigenvalue weighted by Crippen LogP contribution is 2.26. The summed E-state index contributed by atoms with van der Waals surface area (Å²) in [6, 6.07) is 6.37. The number of benzene rings is 1. The SMILES string of the molecule is C=CCn1c(SCC(=O)Nc2nnc(CCC)s2)nnc1-c1ccccc1F. The van der Waals surface area contributed by atoms with Crippen LogP contribution in [0.25, 0.3) is 11.4 Å². The zero-order valence-corrected chi connectivity index (χ0v) is 16.9. The van der Waals surface area contributed by atoms with Crippen molar-refractivity contribution >= 4 is 34.1 Å². The maximum absolute atomic E-state index is 14.1. The number of aryl methyl sites for hydroxylation is 1. The van der Waals surface area contributed by atoms with E-state index in [0.29, 0.717) is 28.2 Å². The van der Waals surface area contributed by atoms with E-state index in [1.165, 1.54) is 29.2 Å². The maximum Gasteiger partial charge on any atom is 0.236 e. The van der Waals surface area contributed by atoms with Crippen LogP contribution in [0.2, 0.25) is 0 Å². The molecule has 146 valence electrons. The van der Waals surface area contributed by atoms with Crippen LogP contribution in [0.4, 0.5) is 9.52 Å². The zero-order chi connectivity index (χ0) is 19.9. The van der Waals surface area contributed by atoms with Gasteiger partial charge in [-0.1, -0.05) is 48.2 Å². The quantitative estimate of drug-likeness (QED) is 0.420. The second kappa shape index (κ2) is 9.56. The van der Waals surface area contributed by atoms with Gasteiger partial charge in [0, 0.05) is 13.0 Å². The Hall–Kier alpha value is -2.59. The molecule has 0 saturated heterocycles. The maximum atomic E-state index is 14.1. The van der Waals surface area contributed by atoms with Gasteiger partial charge in [0.15, 0.2) is 11.0 Å². The zero-order valence-electron chi connectivity index (χ0n) is 15.3. The number of nitrogens with one attached hydrogen (secondary N) is 1. The van der Waals surface area contributed by atoms with E-state index < -0.39 is 0 Å². The van der Waals surface area contributed by atoms with Crippen LogP contribution in [-0.2, 0) is 17.8 Å². The van der Waals surface area contributed by atoms with Crippen LogP contribution in [0.3, 0.4) is 0 Å². The van der Waals surface area contributed by atoms with Gasteiger partial charge in [-0.3, -0.25) is 14.7 Å².